The molecule has 0 N–H and O–H groups in total. The Labute approximate surface area is 136 Å². The summed E-state index contributed by atoms with van der Waals surface area (Å²) in [6, 6.07) is 3.89. The average molecular weight is 407 g/mol. The SMILES string of the molecule is CC1CCCC1n1c(CCCl)nc2cc(I)c(F)cc21. The fraction of sp³-hybridized carbons (Fsp3) is 0.533. The first-order valence-electron chi connectivity index (χ1n) is 7.03. The third-order valence-electron chi connectivity index (χ3n) is 4.27. The molecule has 2 aromatic rings. The molecule has 5 heteroatoms. The smallest absolute Gasteiger partial charge is 0.138 e. The lowest BCUT2D eigenvalue weighted by molar-refractivity contribution is 0.406. The molecule has 108 valence electrons. The molecule has 1 saturated carbocycles. The molecule has 1 aliphatic carbocycles. The van der Waals surface area contributed by atoms with Crippen LogP contribution in [0.5, 0.6) is 0 Å². The zero-order valence-electron chi connectivity index (χ0n) is 11.4. The van der Waals surface area contributed by atoms with E-state index in [-0.39, 0.29) is 5.82 Å². The number of hydrogen-bond donors (Lipinski definition) is 0. The van der Waals surface area contributed by atoms with Crippen LogP contribution in [0, 0.1) is 15.3 Å². The molecule has 2 unspecified atom stereocenters. The molecular weight excluding hydrogens is 390 g/mol. The van der Waals surface area contributed by atoms with Crippen molar-refractivity contribution < 1.29 is 4.39 Å². The van der Waals surface area contributed by atoms with Crippen molar-refractivity contribution in [1.29, 1.82) is 0 Å². The maximum absolute atomic E-state index is 13.9. The zero-order valence-corrected chi connectivity index (χ0v) is 14.3. The summed E-state index contributed by atoms with van der Waals surface area (Å²) in [6.07, 6.45) is 4.35. The molecule has 0 bridgehead atoms. The van der Waals surface area contributed by atoms with Crippen molar-refractivity contribution in [3.8, 4) is 0 Å². The predicted octanol–water partition coefficient (Wildman–Crippen LogP) is 4.92. The number of aromatic nitrogens is 2. The van der Waals surface area contributed by atoms with E-state index in [2.05, 4.69) is 11.5 Å². The third kappa shape index (κ3) is 2.45. The number of benzene rings is 1. The number of aryl methyl sites for hydroxylation is 1. The van der Waals surface area contributed by atoms with Gasteiger partial charge in [0.15, 0.2) is 0 Å². The minimum atomic E-state index is -0.165. The molecule has 0 aliphatic heterocycles. The number of imidazole rings is 1. The van der Waals surface area contributed by atoms with Gasteiger partial charge in [-0.05, 0) is 47.4 Å². The van der Waals surface area contributed by atoms with Gasteiger partial charge in [-0.15, -0.1) is 11.6 Å². The summed E-state index contributed by atoms with van der Waals surface area (Å²) in [5.74, 6) is 1.99. The van der Waals surface area contributed by atoms with Gasteiger partial charge in [-0.1, -0.05) is 13.3 Å². The quantitative estimate of drug-likeness (QED) is 0.522. The number of halogens is 3. The van der Waals surface area contributed by atoms with E-state index in [0.29, 0.717) is 21.4 Å². The first-order chi connectivity index (χ1) is 9.61. The van der Waals surface area contributed by atoms with Crippen LogP contribution in [-0.4, -0.2) is 15.4 Å². The molecule has 3 rings (SSSR count). The highest BCUT2D eigenvalue weighted by Gasteiger charge is 2.28. The minimum Gasteiger partial charge on any atom is -0.324 e. The molecule has 0 spiro atoms. The average Bonchev–Trinajstić information content (AvgIpc) is 2.94. The van der Waals surface area contributed by atoms with Gasteiger partial charge in [0.2, 0.25) is 0 Å². The van der Waals surface area contributed by atoms with E-state index in [1.165, 1.54) is 12.8 Å². The maximum atomic E-state index is 13.9. The Morgan fingerprint density at radius 2 is 2.25 bits per heavy atom. The molecule has 0 amide bonds. The summed E-state index contributed by atoms with van der Waals surface area (Å²) in [7, 11) is 0. The van der Waals surface area contributed by atoms with Gasteiger partial charge in [0.25, 0.3) is 0 Å². The van der Waals surface area contributed by atoms with Gasteiger partial charge in [0.05, 0.1) is 14.6 Å². The van der Waals surface area contributed by atoms with E-state index in [1.54, 1.807) is 6.07 Å². The van der Waals surface area contributed by atoms with Gasteiger partial charge < -0.3 is 4.57 Å². The Kier molecular flexibility index (Phi) is 4.22. The van der Waals surface area contributed by atoms with Crippen LogP contribution in [0.15, 0.2) is 12.1 Å². The number of alkyl halides is 1. The van der Waals surface area contributed by atoms with Gasteiger partial charge >= 0.3 is 0 Å². The normalized spacial score (nSPS) is 22.8. The van der Waals surface area contributed by atoms with Crippen LogP contribution in [0.1, 0.15) is 38.1 Å². The fourth-order valence-electron chi connectivity index (χ4n) is 3.28. The monoisotopic (exact) mass is 406 g/mol. The lowest BCUT2D eigenvalue weighted by Crippen LogP contribution is -2.15. The minimum absolute atomic E-state index is 0.165. The van der Waals surface area contributed by atoms with E-state index < -0.39 is 0 Å². The summed E-state index contributed by atoms with van der Waals surface area (Å²) in [6.45, 7) is 2.27. The highest BCUT2D eigenvalue weighted by atomic mass is 127. The van der Waals surface area contributed by atoms with Crippen LogP contribution in [0.4, 0.5) is 4.39 Å². The first-order valence-corrected chi connectivity index (χ1v) is 8.65. The summed E-state index contributed by atoms with van der Waals surface area (Å²) >= 11 is 7.93. The number of rotatable bonds is 3. The molecule has 2 nitrogen and oxygen atoms in total. The second-order valence-electron chi connectivity index (χ2n) is 5.57. The highest BCUT2D eigenvalue weighted by Crippen LogP contribution is 2.38. The van der Waals surface area contributed by atoms with Crippen molar-refractivity contribution in [3.63, 3.8) is 0 Å². The number of fused-ring (bicyclic) bond motifs is 1. The van der Waals surface area contributed by atoms with Crippen LogP contribution in [0.2, 0.25) is 0 Å². The fourth-order valence-corrected chi connectivity index (χ4v) is 3.90. The standard InChI is InChI=1S/C15H17ClFIN2/c1-9-3-2-4-13(9)20-14-7-10(17)11(18)8-12(14)19-15(20)5-6-16/h7-9,13H,2-6H2,1H3. The van der Waals surface area contributed by atoms with Gasteiger partial charge in [-0.2, -0.15) is 0 Å². The number of hydrogen-bond acceptors (Lipinski definition) is 1. The molecular formula is C15H17ClFIN2. The molecule has 0 radical (unpaired) electrons. The van der Waals surface area contributed by atoms with Crippen molar-refractivity contribution >= 4 is 45.2 Å². The topological polar surface area (TPSA) is 17.8 Å². The van der Waals surface area contributed by atoms with Crippen LogP contribution in [-0.2, 0) is 6.42 Å². The van der Waals surface area contributed by atoms with Gasteiger partial charge in [-0.25, -0.2) is 9.37 Å². The molecule has 1 aromatic heterocycles. The molecule has 1 aliphatic rings. The second kappa shape index (κ2) is 5.79. The molecule has 2 atom stereocenters. The van der Waals surface area contributed by atoms with E-state index in [1.807, 2.05) is 28.7 Å². The van der Waals surface area contributed by atoms with Crippen molar-refractivity contribution in [2.75, 3.05) is 5.88 Å². The molecule has 20 heavy (non-hydrogen) atoms. The summed E-state index contributed by atoms with van der Waals surface area (Å²) < 4.78 is 16.8. The Bertz CT molecular complexity index is 640. The van der Waals surface area contributed by atoms with Crippen LogP contribution in [0.3, 0.4) is 0 Å². The predicted molar refractivity (Wildman–Crippen MR) is 88.9 cm³/mol. The second-order valence-corrected chi connectivity index (χ2v) is 7.11. The van der Waals surface area contributed by atoms with Crippen LogP contribution >= 0.6 is 34.2 Å². The van der Waals surface area contributed by atoms with E-state index in [9.17, 15) is 4.39 Å². The third-order valence-corrected chi connectivity index (χ3v) is 5.29. The molecule has 1 aromatic carbocycles. The van der Waals surface area contributed by atoms with E-state index in [0.717, 1.165) is 29.7 Å². The Morgan fingerprint density at radius 1 is 1.45 bits per heavy atom. The van der Waals surface area contributed by atoms with E-state index >= 15 is 0 Å². The molecule has 1 fully saturated rings. The molecule has 1 heterocycles. The lowest BCUT2D eigenvalue weighted by atomic mass is 10.1. The van der Waals surface area contributed by atoms with Crippen molar-refractivity contribution in [2.24, 2.45) is 5.92 Å². The summed E-state index contributed by atoms with van der Waals surface area (Å²) in [5.41, 5.74) is 1.80. The van der Waals surface area contributed by atoms with Crippen molar-refractivity contribution in [2.45, 2.75) is 38.6 Å². The Hall–Kier alpha value is -0.360. The molecule has 0 saturated heterocycles. The highest BCUT2D eigenvalue weighted by molar-refractivity contribution is 14.1. The van der Waals surface area contributed by atoms with Gasteiger partial charge in [0.1, 0.15) is 11.6 Å². The van der Waals surface area contributed by atoms with Crippen LogP contribution < -0.4 is 0 Å². The Balaban J connectivity index is 2.20. The maximum Gasteiger partial charge on any atom is 0.138 e. The van der Waals surface area contributed by atoms with Gasteiger partial charge in [0, 0.05) is 24.4 Å². The van der Waals surface area contributed by atoms with Crippen LogP contribution in [0.25, 0.3) is 11.0 Å². The van der Waals surface area contributed by atoms with Crippen molar-refractivity contribution in [1.82, 2.24) is 9.55 Å². The van der Waals surface area contributed by atoms with Crippen molar-refractivity contribution in [3.05, 3.63) is 27.3 Å². The summed E-state index contributed by atoms with van der Waals surface area (Å²) in [4.78, 5) is 4.69. The number of nitrogens with zero attached hydrogens (tertiary/aromatic N) is 2. The largest absolute Gasteiger partial charge is 0.324 e. The Morgan fingerprint density at radius 3 is 2.90 bits per heavy atom. The van der Waals surface area contributed by atoms with E-state index in [4.69, 9.17) is 16.6 Å². The lowest BCUT2D eigenvalue weighted by Gasteiger charge is -2.21. The zero-order chi connectivity index (χ0) is 14.3. The first kappa shape index (κ1) is 14.6. The summed E-state index contributed by atoms with van der Waals surface area (Å²) in [5, 5.41) is 0. The van der Waals surface area contributed by atoms with Gasteiger partial charge in [-0.3, -0.25) is 0 Å².